The van der Waals surface area contributed by atoms with Crippen LogP contribution in [0.1, 0.15) is 46.2 Å². The van der Waals surface area contributed by atoms with Gasteiger partial charge in [0.1, 0.15) is 6.33 Å². The smallest absolute Gasteiger partial charge is 0.115 e. The van der Waals surface area contributed by atoms with Gasteiger partial charge in [-0.2, -0.15) is 0 Å². The lowest BCUT2D eigenvalue weighted by Gasteiger charge is -2.37. The summed E-state index contributed by atoms with van der Waals surface area (Å²) in [5.41, 5.74) is 1.99. The van der Waals surface area contributed by atoms with Crippen molar-refractivity contribution < 1.29 is 0 Å². The Kier molecular flexibility index (Phi) is 2.53. The van der Waals surface area contributed by atoms with Gasteiger partial charge in [-0.3, -0.25) is 4.90 Å². The van der Waals surface area contributed by atoms with Gasteiger partial charge in [-0.15, -0.1) is 0 Å². The van der Waals surface area contributed by atoms with Crippen molar-refractivity contribution in [2.75, 3.05) is 0 Å². The van der Waals surface area contributed by atoms with Crippen LogP contribution in [0, 0.1) is 5.41 Å². The van der Waals surface area contributed by atoms with Gasteiger partial charge in [-0.05, 0) is 58.4 Å². The molecule has 3 atom stereocenters. The topological polar surface area (TPSA) is 29.0 Å². The highest BCUT2D eigenvalue weighted by atomic mass is 15.3. The van der Waals surface area contributed by atoms with E-state index < -0.39 is 0 Å². The normalized spacial score (nSPS) is 35.6. The molecule has 0 N–H and O–H groups in total. The molecule has 0 radical (unpaired) electrons. The van der Waals surface area contributed by atoms with Crippen molar-refractivity contribution in [3.8, 4) is 0 Å². The zero-order chi connectivity index (χ0) is 13.0. The maximum absolute atomic E-state index is 4.40. The minimum atomic E-state index is 0.286. The molecule has 1 aromatic rings. The van der Waals surface area contributed by atoms with E-state index in [4.69, 9.17) is 0 Å². The lowest BCUT2D eigenvalue weighted by molar-refractivity contribution is 0.104. The summed E-state index contributed by atoms with van der Waals surface area (Å²) in [5.74, 6) is 0. The lowest BCUT2D eigenvalue weighted by Crippen LogP contribution is -2.45. The highest BCUT2D eigenvalue weighted by Crippen LogP contribution is 2.62. The first kappa shape index (κ1) is 12.1. The van der Waals surface area contributed by atoms with Gasteiger partial charge in [-0.25, -0.2) is 9.97 Å². The molecule has 0 aromatic carbocycles. The van der Waals surface area contributed by atoms with Crippen LogP contribution in [-0.2, 0) is 6.42 Å². The molecule has 1 saturated heterocycles. The number of hydrogen-bond acceptors (Lipinski definition) is 3. The van der Waals surface area contributed by atoms with Crippen LogP contribution in [-0.4, -0.2) is 32.5 Å². The van der Waals surface area contributed by atoms with Gasteiger partial charge in [0, 0.05) is 29.5 Å². The largest absolute Gasteiger partial charge is 0.292 e. The van der Waals surface area contributed by atoms with Crippen LogP contribution in [0.5, 0.6) is 0 Å². The van der Waals surface area contributed by atoms with Gasteiger partial charge >= 0.3 is 0 Å². The number of nitrogens with zero attached hydrogens (tertiary/aromatic N) is 3. The van der Waals surface area contributed by atoms with E-state index in [1.807, 2.05) is 6.20 Å². The van der Waals surface area contributed by atoms with Gasteiger partial charge in [0.05, 0.1) is 0 Å². The number of aromatic nitrogens is 2. The third-order valence-corrected chi connectivity index (χ3v) is 4.61. The van der Waals surface area contributed by atoms with Crippen LogP contribution in [0.25, 0.3) is 0 Å². The first-order valence-corrected chi connectivity index (χ1v) is 6.96. The molecular formula is C15H23N3. The van der Waals surface area contributed by atoms with Crippen molar-refractivity contribution in [3.63, 3.8) is 0 Å². The highest BCUT2D eigenvalue weighted by Gasteiger charge is 2.64. The number of hydrogen-bond donors (Lipinski definition) is 0. The third-order valence-electron chi connectivity index (χ3n) is 4.61. The molecule has 0 amide bonds. The van der Waals surface area contributed by atoms with Crippen molar-refractivity contribution in [3.05, 3.63) is 24.3 Å². The minimum absolute atomic E-state index is 0.286. The maximum Gasteiger partial charge on any atom is 0.115 e. The molecule has 0 spiro atoms. The van der Waals surface area contributed by atoms with E-state index in [0.717, 1.165) is 12.5 Å². The summed E-state index contributed by atoms with van der Waals surface area (Å²) >= 11 is 0. The van der Waals surface area contributed by atoms with Crippen molar-refractivity contribution in [2.24, 2.45) is 5.41 Å². The number of piperidine rings is 1. The van der Waals surface area contributed by atoms with Crippen LogP contribution < -0.4 is 0 Å². The van der Waals surface area contributed by atoms with Crippen LogP contribution in [0.15, 0.2) is 18.6 Å². The molecule has 2 heterocycles. The van der Waals surface area contributed by atoms with Crippen LogP contribution >= 0.6 is 0 Å². The third kappa shape index (κ3) is 1.85. The fourth-order valence-electron chi connectivity index (χ4n) is 4.11. The fourth-order valence-corrected chi connectivity index (χ4v) is 4.11. The summed E-state index contributed by atoms with van der Waals surface area (Å²) in [6.07, 6.45) is 7.31. The Bertz CT molecular complexity index is 437. The molecule has 0 unspecified atom stereocenters. The number of likely N-dealkylation sites (tertiary alicyclic amines) is 1. The Hall–Kier alpha value is -0.960. The molecule has 2 aliphatic rings. The average molecular weight is 245 g/mol. The van der Waals surface area contributed by atoms with Crippen molar-refractivity contribution in [1.29, 1.82) is 0 Å². The van der Waals surface area contributed by atoms with Gasteiger partial charge in [0.2, 0.25) is 0 Å². The second-order valence-corrected chi connectivity index (χ2v) is 7.09. The standard InChI is InChI=1S/C15H23N3/c1-11-7-15(8-12-5-6-16-10-17-12)9-13(15)18(11)14(2,3)4/h5-6,10-11,13H,7-9H2,1-4H3/t11-,13-,15-/m1/s1. The number of fused-ring (bicyclic) bond motifs is 1. The molecule has 1 aromatic heterocycles. The second kappa shape index (κ2) is 3.77. The van der Waals surface area contributed by atoms with Gasteiger partial charge in [-0.1, -0.05) is 0 Å². The van der Waals surface area contributed by atoms with Crippen LogP contribution in [0.2, 0.25) is 0 Å². The summed E-state index contributed by atoms with van der Waals surface area (Å²) in [7, 11) is 0. The molecule has 98 valence electrons. The Morgan fingerprint density at radius 3 is 2.72 bits per heavy atom. The minimum Gasteiger partial charge on any atom is -0.292 e. The van der Waals surface area contributed by atoms with E-state index in [1.54, 1.807) is 6.33 Å². The summed E-state index contributed by atoms with van der Waals surface area (Å²) in [5, 5.41) is 0. The molecule has 1 aliphatic carbocycles. The average Bonchev–Trinajstić information content (AvgIpc) is 2.82. The highest BCUT2D eigenvalue weighted by molar-refractivity contribution is 5.22. The molecule has 18 heavy (non-hydrogen) atoms. The SMILES string of the molecule is C[C@@H]1C[C@@]2(Cc3ccncn3)C[C@H]2N1C(C)(C)C. The summed E-state index contributed by atoms with van der Waals surface area (Å²) in [6, 6.07) is 3.53. The second-order valence-electron chi connectivity index (χ2n) is 7.09. The predicted octanol–water partition coefficient (Wildman–Crippen LogP) is 2.67. The van der Waals surface area contributed by atoms with Crippen LogP contribution in [0.4, 0.5) is 0 Å². The molecule has 1 saturated carbocycles. The molecule has 3 rings (SSSR count). The lowest BCUT2D eigenvalue weighted by atomic mass is 9.94. The first-order chi connectivity index (χ1) is 8.42. The van der Waals surface area contributed by atoms with Crippen molar-refractivity contribution >= 4 is 0 Å². The van der Waals surface area contributed by atoms with Gasteiger partial charge in [0.15, 0.2) is 0 Å². The van der Waals surface area contributed by atoms with Crippen molar-refractivity contribution in [1.82, 2.24) is 14.9 Å². The van der Waals surface area contributed by atoms with E-state index in [-0.39, 0.29) is 5.54 Å². The summed E-state index contributed by atoms with van der Waals surface area (Å²) < 4.78 is 0. The zero-order valence-corrected chi connectivity index (χ0v) is 11.8. The fraction of sp³-hybridized carbons (Fsp3) is 0.733. The Morgan fingerprint density at radius 1 is 1.39 bits per heavy atom. The van der Waals surface area contributed by atoms with Gasteiger partial charge in [0.25, 0.3) is 0 Å². The molecule has 3 nitrogen and oxygen atoms in total. The van der Waals surface area contributed by atoms with E-state index in [9.17, 15) is 0 Å². The first-order valence-electron chi connectivity index (χ1n) is 6.96. The van der Waals surface area contributed by atoms with E-state index in [1.165, 1.54) is 18.5 Å². The quantitative estimate of drug-likeness (QED) is 0.802. The van der Waals surface area contributed by atoms with E-state index >= 15 is 0 Å². The summed E-state index contributed by atoms with van der Waals surface area (Å²) in [4.78, 5) is 11.1. The monoisotopic (exact) mass is 245 g/mol. The maximum atomic E-state index is 4.40. The molecule has 1 aliphatic heterocycles. The molecule has 0 bridgehead atoms. The Morgan fingerprint density at radius 2 is 2.17 bits per heavy atom. The van der Waals surface area contributed by atoms with E-state index in [2.05, 4.69) is 48.6 Å². The predicted molar refractivity (Wildman–Crippen MR) is 72.2 cm³/mol. The zero-order valence-electron chi connectivity index (χ0n) is 11.8. The van der Waals surface area contributed by atoms with Crippen molar-refractivity contribution in [2.45, 2.75) is 64.6 Å². The van der Waals surface area contributed by atoms with Crippen LogP contribution in [0.3, 0.4) is 0 Å². The summed E-state index contributed by atoms with van der Waals surface area (Å²) in [6.45, 7) is 9.38. The Balaban J connectivity index is 1.77. The molecular weight excluding hydrogens is 222 g/mol. The molecule has 2 fully saturated rings. The van der Waals surface area contributed by atoms with E-state index in [0.29, 0.717) is 11.5 Å². The number of rotatable bonds is 2. The molecule has 3 heteroatoms. The van der Waals surface area contributed by atoms with Gasteiger partial charge < -0.3 is 0 Å². The Labute approximate surface area is 110 Å².